The largest absolute Gasteiger partial charge is 0.352 e. The van der Waals surface area contributed by atoms with Crippen molar-refractivity contribution in [1.82, 2.24) is 10.2 Å². The summed E-state index contributed by atoms with van der Waals surface area (Å²) < 4.78 is 0. The van der Waals surface area contributed by atoms with Gasteiger partial charge in [0.05, 0.1) is 0 Å². The lowest BCUT2D eigenvalue weighted by atomic mass is 9.96. The third kappa shape index (κ3) is 3.44. The number of hydrogen-bond acceptors (Lipinski definition) is 2. The van der Waals surface area contributed by atoms with Gasteiger partial charge in [-0.25, -0.2) is 0 Å². The standard InChI is InChI=1S/C16H22N2O/c1-3-13-6-4-5-7-16(13)14-10-15(17-12-19)8-9-18(2)11-14/h4-7,10,12,15H,3,8-9,11H2,1-2H3,(H,17,19). The Labute approximate surface area is 115 Å². The number of nitrogens with one attached hydrogen (secondary N) is 1. The lowest BCUT2D eigenvalue weighted by molar-refractivity contribution is -0.109. The zero-order valence-electron chi connectivity index (χ0n) is 11.7. The third-order valence-corrected chi connectivity index (χ3v) is 3.69. The van der Waals surface area contributed by atoms with Crippen LogP contribution < -0.4 is 5.32 Å². The predicted octanol–water partition coefficient (Wildman–Crippen LogP) is 2.08. The van der Waals surface area contributed by atoms with Gasteiger partial charge in [-0.3, -0.25) is 4.79 Å². The van der Waals surface area contributed by atoms with E-state index in [-0.39, 0.29) is 6.04 Å². The molecule has 102 valence electrons. The Morgan fingerprint density at radius 2 is 2.21 bits per heavy atom. The summed E-state index contributed by atoms with van der Waals surface area (Å²) >= 11 is 0. The molecule has 1 heterocycles. The summed E-state index contributed by atoms with van der Waals surface area (Å²) in [6.07, 6.45) is 5.01. The van der Waals surface area contributed by atoms with E-state index < -0.39 is 0 Å². The Bertz CT molecular complexity index is 468. The molecule has 1 aromatic carbocycles. The van der Waals surface area contributed by atoms with Crippen LogP contribution in [0.5, 0.6) is 0 Å². The molecule has 1 atom stereocenters. The number of nitrogens with zero attached hydrogens (tertiary/aromatic N) is 1. The SMILES string of the molecule is CCc1ccccc1C1=CC(NC=O)CCN(C)C1. The lowest BCUT2D eigenvalue weighted by Gasteiger charge is -2.17. The number of hydrogen-bond donors (Lipinski definition) is 1. The molecular formula is C16H22N2O. The highest BCUT2D eigenvalue weighted by molar-refractivity contribution is 5.71. The molecule has 0 saturated carbocycles. The van der Waals surface area contributed by atoms with Crippen molar-refractivity contribution in [2.75, 3.05) is 20.1 Å². The molecule has 0 radical (unpaired) electrons. The van der Waals surface area contributed by atoms with E-state index >= 15 is 0 Å². The fraction of sp³-hybridized carbons (Fsp3) is 0.438. The average molecular weight is 258 g/mol. The number of likely N-dealkylation sites (N-methyl/N-ethyl adjacent to an activating group) is 1. The molecule has 0 aliphatic carbocycles. The summed E-state index contributed by atoms with van der Waals surface area (Å²) in [5.74, 6) is 0. The quantitative estimate of drug-likeness (QED) is 0.839. The Kier molecular flexibility index (Phi) is 4.74. The molecule has 3 nitrogen and oxygen atoms in total. The maximum absolute atomic E-state index is 10.7. The minimum atomic E-state index is 0.141. The monoisotopic (exact) mass is 258 g/mol. The van der Waals surface area contributed by atoms with Gasteiger partial charge in [0.2, 0.25) is 6.41 Å². The van der Waals surface area contributed by atoms with Crippen molar-refractivity contribution in [3.05, 3.63) is 41.5 Å². The first-order valence-electron chi connectivity index (χ1n) is 6.91. The van der Waals surface area contributed by atoms with Gasteiger partial charge in [0.25, 0.3) is 0 Å². The topological polar surface area (TPSA) is 32.3 Å². The van der Waals surface area contributed by atoms with Gasteiger partial charge in [-0.2, -0.15) is 0 Å². The Morgan fingerprint density at radius 3 is 2.95 bits per heavy atom. The maximum atomic E-state index is 10.7. The molecule has 1 N–H and O–H groups in total. The van der Waals surface area contributed by atoms with Crippen LogP contribution >= 0.6 is 0 Å². The Morgan fingerprint density at radius 1 is 1.42 bits per heavy atom. The van der Waals surface area contributed by atoms with Gasteiger partial charge in [-0.15, -0.1) is 0 Å². The molecule has 0 bridgehead atoms. The molecule has 0 saturated heterocycles. The molecule has 0 aromatic heterocycles. The number of carbonyl (C=O) groups is 1. The second-order valence-corrected chi connectivity index (χ2v) is 5.12. The molecule has 1 aromatic rings. The molecule has 1 aliphatic heterocycles. The molecule has 1 unspecified atom stereocenters. The first-order valence-corrected chi connectivity index (χ1v) is 6.91. The van der Waals surface area contributed by atoms with Crippen LogP contribution in [0.25, 0.3) is 5.57 Å². The van der Waals surface area contributed by atoms with Crippen LogP contribution in [0.2, 0.25) is 0 Å². The van der Waals surface area contributed by atoms with E-state index in [9.17, 15) is 4.79 Å². The summed E-state index contributed by atoms with van der Waals surface area (Å²) in [7, 11) is 2.13. The van der Waals surface area contributed by atoms with Gasteiger partial charge < -0.3 is 10.2 Å². The summed E-state index contributed by atoms with van der Waals surface area (Å²) in [5.41, 5.74) is 4.00. The summed E-state index contributed by atoms with van der Waals surface area (Å²) in [5, 5.41) is 2.90. The lowest BCUT2D eigenvalue weighted by Crippen LogP contribution is -2.28. The number of carbonyl (C=O) groups excluding carboxylic acids is 1. The van der Waals surface area contributed by atoms with Crippen molar-refractivity contribution in [3.8, 4) is 0 Å². The molecule has 1 aliphatic rings. The predicted molar refractivity (Wildman–Crippen MR) is 78.9 cm³/mol. The van der Waals surface area contributed by atoms with Crippen LogP contribution in [-0.2, 0) is 11.2 Å². The van der Waals surface area contributed by atoms with Gasteiger partial charge >= 0.3 is 0 Å². The van der Waals surface area contributed by atoms with E-state index in [1.54, 1.807) is 0 Å². The zero-order chi connectivity index (χ0) is 13.7. The fourth-order valence-corrected chi connectivity index (χ4v) is 2.64. The second-order valence-electron chi connectivity index (χ2n) is 5.12. The minimum Gasteiger partial charge on any atom is -0.352 e. The van der Waals surface area contributed by atoms with E-state index in [0.717, 1.165) is 32.3 Å². The smallest absolute Gasteiger partial charge is 0.207 e. The highest BCUT2D eigenvalue weighted by Gasteiger charge is 2.16. The van der Waals surface area contributed by atoms with Gasteiger partial charge in [-0.1, -0.05) is 37.3 Å². The van der Waals surface area contributed by atoms with E-state index in [4.69, 9.17) is 0 Å². The van der Waals surface area contributed by atoms with Crippen molar-refractivity contribution in [2.45, 2.75) is 25.8 Å². The fourth-order valence-electron chi connectivity index (χ4n) is 2.64. The van der Waals surface area contributed by atoms with Gasteiger partial charge in [-0.05, 0) is 36.6 Å². The van der Waals surface area contributed by atoms with Crippen LogP contribution in [0, 0.1) is 0 Å². The van der Waals surface area contributed by atoms with Crippen LogP contribution in [0.4, 0.5) is 0 Å². The molecule has 3 heteroatoms. The summed E-state index contributed by atoms with van der Waals surface area (Å²) in [6.45, 7) is 4.12. The number of aryl methyl sites for hydroxylation is 1. The van der Waals surface area contributed by atoms with Crippen LogP contribution in [-0.4, -0.2) is 37.5 Å². The van der Waals surface area contributed by atoms with Gasteiger partial charge in [0.1, 0.15) is 0 Å². The molecular weight excluding hydrogens is 236 g/mol. The first kappa shape index (κ1) is 13.8. The molecule has 0 fully saturated rings. The number of benzene rings is 1. The zero-order valence-corrected chi connectivity index (χ0v) is 11.7. The average Bonchev–Trinajstić information content (AvgIpc) is 2.61. The van der Waals surface area contributed by atoms with Crippen molar-refractivity contribution in [1.29, 1.82) is 0 Å². The van der Waals surface area contributed by atoms with E-state index in [1.807, 2.05) is 0 Å². The molecule has 19 heavy (non-hydrogen) atoms. The number of amides is 1. The van der Waals surface area contributed by atoms with Crippen molar-refractivity contribution < 1.29 is 4.79 Å². The Balaban J connectivity index is 2.35. The highest BCUT2D eigenvalue weighted by Crippen LogP contribution is 2.23. The van der Waals surface area contributed by atoms with Crippen LogP contribution in [0.1, 0.15) is 24.5 Å². The maximum Gasteiger partial charge on any atom is 0.207 e. The summed E-state index contributed by atoms with van der Waals surface area (Å²) in [6, 6.07) is 8.68. The first-order chi connectivity index (χ1) is 9.24. The second kappa shape index (κ2) is 6.53. The van der Waals surface area contributed by atoms with Crippen LogP contribution in [0.3, 0.4) is 0 Å². The van der Waals surface area contributed by atoms with Crippen LogP contribution in [0.15, 0.2) is 30.3 Å². The van der Waals surface area contributed by atoms with Crippen molar-refractivity contribution >= 4 is 12.0 Å². The highest BCUT2D eigenvalue weighted by atomic mass is 16.1. The van der Waals surface area contributed by atoms with Gasteiger partial charge in [0, 0.05) is 19.1 Å². The van der Waals surface area contributed by atoms with E-state index in [1.165, 1.54) is 16.7 Å². The van der Waals surface area contributed by atoms with E-state index in [0.29, 0.717) is 0 Å². The molecule has 0 spiro atoms. The minimum absolute atomic E-state index is 0.141. The molecule has 2 rings (SSSR count). The van der Waals surface area contributed by atoms with Gasteiger partial charge in [0.15, 0.2) is 0 Å². The van der Waals surface area contributed by atoms with Crippen molar-refractivity contribution in [3.63, 3.8) is 0 Å². The van der Waals surface area contributed by atoms with E-state index in [2.05, 4.69) is 54.5 Å². The Hall–Kier alpha value is -1.61. The number of rotatable bonds is 4. The van der Waals surface area contributed by atoms with Crippen molar-refractivity contribution in [2.24, 2.45) is 0 Å². The summed E-state index contributed by atoms with van der Waals surface area (Å²) in [4.78, 5) is 13.0. The third-order valence-electron chi connectivity index (χ3n) is 3.69. The normalized spacial score (nSPS) is 20.5. The molecule has 1 amide bonds.